The van der Waals surface area contributed by atoms with Crippen LogP contribution in [-0.4, -0.2) is 36.5 Å². The molecule has 3 aromatic carbocycles. The van der Waals surface area contributed by atoms with Crippen molar-refractivity contribution in [3.8, 4) is 28.7 Å². The number of aromatic nitrogens is 1. The van der Waals surface area contributed by atoms with Gasteiger partial charge >= 0.3 is 5.97 Å². The number of fused-ring (bicyclic) bond motifs is 1. The van der Waals surface area contributed by atoms with Gasteiger partial charge in [0.1, 0.15) is 17.2 Å². The number of hydrogen-bond acceptors (Lipinski definition) is 7. The lowest BCUT2D eigenvalue weighted by Gasteiger charge is -2.28. The Morgan fingerprint density at radius 3 is 2.34 bits per heavy atom. The quantitative estimate of drug-likeness (QED) is 0.269. The van der Waals surface area contributed by atoms with Gasteiger partial charge in [-0.1, -0.05) is 36.4 Å². The van der Waals surface area contributed by atoms with Crippen molar-refractivity contribution in [1.29, 1.82) is 0 Å². The summed E-state index contributed by atoms with van der Waals surface area (Å²) in [6.45, 7) is 2.64. The molecule has 41 heavy (non-hydrogen) atoms. The summed E-state index contributed by atoms with van der Waals surface area (Å²) in [5.74, 6) is 1.32. The van der Waals surface area contributed by atoms with E-state index in [0.717, 1.165) is 16.9 Å². The first kappa shape index (κ1) is 27.8. The maximum absolute atomic E-state index is 14.0. The maximum atomic E-state index is 14.0. The van der Waals surface area contributed by atoms with Crippen LogP contribution in [0.25, 0.3) is 0 Å². The summed E-state index contributed by atoms with van der Waals surface area (Å²) >= 11 is 0. The number of carbonyl (C=O) groups is 1. The summed E-state index contributed by atoms with van der Waals surface area (Å²) in [6.07, 6.45) is 1.25. The van der Waals surface area contributed by atoms with Crippen LogP contribution < -0.4 is 24.5 Å². The molecule has 0 spiro atoms. The molecule has 1 N–H and O–H groups in total. The average molecular weight is 556 g/mol. The Bertz CT molecular complexity index is 1590. The van der Waals surface area contributed by atoms with Crippen LogP contribution in [0.15, 0.2) is 77.6 Å². The molecule has 8 heteroatoms. The fourth-order valence-corrected chi connectivity index (χ4v) is 5.23. The molecule has 0 saturated heterocycles. The second-order valence-corrected chi connectivity index (χ2v) is 9.99. The summed E-state index contributed by atoms with van der Waals surface area (Å²) in [5, 5.41) is 9.59. The summed E-state index contributed by atoms with van der Waals surface area (Å²) in [5.41, 5.74) is 3.69. The number of benzene rings is 3. The van der Waals surface area contributed by atoms with Crippen LogP contribution in [0.1, 0.15) is 40.3 Å². The molecule has 0 unspecified atom stereocenters. The van der Waals surface area contributed by atoms with Gasteiger partial charge in [0.05, 0.1) is 32.8 Å². The Morgan fingerprint density at radius 2 is 1.63 bits per heavy atom. The number of carbonyl (C=O) groups excluding carboxylic acids is 1. The fraction of sp³-hybridized carbons (Fsp3) is 0.273. The molecule has 0 aliphatic carbocycles. The lowest BCUT2D eigenvalue weighted by Crippen LogP contribution is -2.33. The third kappa shape index (κ3) is 6.06. The lowest BCUT2D eigenvalue weighted by atomic mass is 9.86. The molecule has 1 atom stereocenters. The van der Waals surface area contributed by atoms with E-state index in [-0.39, 0.29) is 23.5 Å². The molecule has 5 rings (SSSR count). The molecule has 0 bridgehead atoms. The van der Waals surface area contributed by atoms with Gasteiger partial charge in [-0.25, -0.2) is 0 Å². The highest BCUT2D eigenvalue weighted by Crippen LogP contribution is 2.44. The molecule has 212 valence electrons. The molecule has 1 aliphatic rings. The molecule has 4 aromatic rings. The molecular formula is C33H33NO7. The minimum Gasteiger partial charge on any atom is -0.508 e. The molecule has 8 nitrogen and oxygen atoms in total. The number of hydrogen-bond donors (Lipinski definition) is 1. The van der Waals surface area contributed by atoms with Crippen LogP contribution in [-0.2, 0) is 24.2 Å². The van der Waals surface area contributed by atoms with E-state index in [9.17, 15) is 14.7 Å². The van der Waals surface area contributed by atoms with Gasteiger partial charge < -0.3 is 28.6 Å². The topological polar surface area (TPSA) is 96.2 Å². The number of phenolic OH excluding ortho intramolecular Hbond substituents is 1. The largest absolute Gasteiger partial charge is 0.508 e. The Balaban J connectivity index is 1.47. The zero-order valence-electron chi connectivity index (χ0n) is 23.4. The first-order chi connectivity index (χ1) is 19.9. The first-order valence-corrected chi connectivity index (χ1v) is 13.5. The molecule has 0 fully saturated rings. The smallest absolute Gasteiger partial charge is 0.312 e. The van der Waals surface area contributed by atoms with Crippen LogP contribution in [0.5, 0.6) is 28.7 Å². The Hall–Kier alpha value is -4.72. The number of aromatic hydroxyl groups is 1. The number of rotatable bonds is 10. The van der Waals surface area contributed by atoms with Gasteiger partial charge in [0.25, 0.3) is 5.56 Å². The van der Waals surface area contributed by atoms with E-state index in [1.165, 1.54) is 0 Å². The Labute approximate surface area is 238 Å². The maximum Gasteiger partial charge on any atom is 0.312 e. The van der Waals surface area contributed by atoms with Crippen molar-refractivity contribution in [3.05, 3.63) is 111 Å². The van der Waals surface area contributed by atoms with Crippen LogP contribution in [0.4, 0.5) is 0 Å². The van der Waals surface area contributed by atoms with Crippen LogP contribution in [0.2, 0.25) is 0 Å². The summed E-state index contributed by atoms with van der Waals surface area (Å²) in [4.78, 5) is 26.7. The number of para-hydroxylation sites is 1. The number of esters is 1. The zero-order chi connectivity index (χ0) is 28.9. The van der Waals surface area contributed by atoms with Crippen molar-refractivity contribution >= 4 is 5.97 Å². The van der Waals surface area contributed by atoms with Gasteiger partial charge in [-0.2, -0.15) is 0 Å². The monoisotopic (exact) mass is 555 g/mol. The van der Waals surface area contributed by atoms with Crippen LogP contribution >= 0.6 is 0 Å². The fourth-order valence-electron chi connectivity index (χ4n) is 5.23. The Kier molecular flexibility index (Phi) is 8.29. The minimum absolute atomic E-state index is 0.00523. The van der Waals surface area contributed by atoms with Crippen molar-refractivity contribution in [3.63, 3.8) is 0 Å². The third-order valence-electron chi connectivity index (χ3n) is 7.41. The molecule has 0 amide bonds. The van der Waals surface area contributed by atoms with Crippen molar-refractivity contribution in [2.45, 2.75) is 38.6 Å². The molecular weight excluding hydrogens is 522 g/mol. The van der Waals surface area contributed by atoms with Gasteiger partial charge in [-0.05, 0) is 54.8 Å². The SMILES string of the molecule is COc1ccc(CCOc2c(OC)cccc2[C@@H]2CC(=O)Oc3cc(C)n(CCc4ccc(O)cc4)c(=O)c32)cc1. The van der Waals surface area contributed by atoms with Crippen molar-refractivity contribution in [1.82, 2.24) is 4.57 Å². The normalized spacial score (nSPS) is 14.2. The highest BCUT2D eigenvalue weighted by molar-refractivity contribution is 5.78. The number of ether oxygens (including phenoxy) is 4. The predicted molar refractivity (Wildman–Crippen MR) is 155 cm³/mol. The third-order valence-corrected chi connectivity index (χ3v) is 7.41. The number of phenols is 1. The number of pyridine rings is 1. The molecule has 1 aliphatic heterocycles. The van der Waals surface area contributed by atoms with E-state index >= 15 is 0 Å². The highest BCUT2D eigenvalue weighted by atomic mass is 16.5. The molecule has 0 radical (unpaired) electrons. The van der Waals surface area contributed by atoms with Gasteiger partial charge in [-0.3, -0.25) is 9.59 Å². The predicted octanol–water partition coefficient (Wildman–Crippen LogP) is 5.18. The molecule has 1 aromatic heterocycles. The zero-order valence-corrected chi connectivity index (χ0v) is 23.4. The minimum atomic E-state index is -0.564. The van der Waals surface area contributed by atoms with E-state index < -0.39 is 11.9 Å². The van der Waals surface area contributed by atoms with E-state index in [2.05, 4.69) is 0 Å². The van der Waals surface area contributed by atoms with Crippen LogP contribution in [0.3, 0.4) is 0 Å². The van der Waals surface area contributed by atoms with E-state index in [1.807, 2.05) is 55.5 Å². The van der Waals surface area contributed by atoms with Gasteiger partial charge in [0.15, 0.2) is 11.5 Å². The van der Waals surface area contributed by atoms with Gasteiger partial charge in [0, 0.05) is 36.2 Å². The summed E-state index contributed by atoms with van der Waals surface area (Å²) in [7, 11) is 3.20. The second kappa shape index (κ2) is 12.2. The second-order valence-electron chi connectivity index (χ2n) is 9.99. The van der Waals surface area contributed by atoms with Crippen molar-refractivity contribution in [2.75, 3.05) is 20.8 Å². The van der Waals surface area contributed by atoms with Crippen molar-refractivity contribution < 1.29 is 28.8 Å². The summed E-state index contributed by atoms with van der Waals surface area (Å²) < 4.78 is 24.4. The van der Waals surface area contributed by atoms with E-state index in [0.29, 0.717) is 54.3 Å². The molecule has 2 heterocycles. The standard InChI is InChI=1S/C33H33NO7/c1-21-19-29-31(33(37)34(21)17-15-22-7-11-24(35)12-8-22)27(20-30(36)41-29)26-5-4-6-28(39-3)32(26)40-18-16-23-9-13-25(38-2)14-10-23/h4-14,19,27,35H,15-18,20H2,1-3H3/t27-/m0/s1. The number of aryl methyl sites for hydroxylation is 2. The number of nitrogens with zero attached hydrogens (tertiary/aromatic N) is 1. The lowest BCUT2D eigenvalue weighted by molar-refractivity contribution is -0.135. The summed E-state index contributed by atoms with van der Waals surface area (Å²) in [6, 6.07) is 22.0. The highest BCUT2D eigenvalue weighted by Gasteiger charge is 2.35. The molecule has 0 saturated carbocycles. The Morgan fingerprint density at radius 1 is 0.927 bits per heavy atom. The van der Waals surface area contributed by atoms with Gasteiger partial charge in [0.2, 0.25) is 0 Å². The van der Waals surface area contributed by atoms with Crippen LogP contribution in [0, 0.1) is 6.92 Å². The van der Waals surface area contributed by atoms with E-state index in [1.54, 1.807) is 43.1 Å². The first-order valence-electron chi connectivity index (χ1n) is 13.5. The van der Waals surface area contributed by atoms with Crippen molar-refractivity contribution in [2.24, 2.45) is 0 Å². The average Bonchev–Trinajstić information content (AvgIpc) is 2.97. The van der Waals surface area contributed by atoms with Gasteiger partial charge in [-0.15, -0.1) is 0 Å². The van der Waals surface area contributed by atoms with E-state index in [4.69, 9.17) is 18.9 Å². The number of methoxy groups -OCH3 is 2.